The van der Waals surface area contributed by atoms with Gasteiger partial charge < -0.3 is 15.0 Å². The maximum Gasteiger partial charge on any atom is 0.329 e. The van der Waals surface area contributed by atoms with E-state index in [1.165, 1.54) is 6.92 Å². The Bertz CT molecular complexity index is 741. The summed E-state index contributed by atoms with van der Waals surface area (Å²) < 4.78 is 5.23. The van der Waals surface area contributed by atoms with Crippen LogP contribution in [0.2, 0.25) is 0 Å². The van der Waals surface area contributed by atoms with E-state index in [1.54, 1.807) is 16.7 Å². The predicted molar refractivity (Wildman–Crippen MR) is 131 cm³/mol. The number of ether oxygens (including phenoxy) is 1. The van der Waals surface area contributed by atoms with Crippen molar-refractivity contribution in [2.45, 2.75) is 39.7 Å². The van der Waals surface area contributed by atoms with Crippen LogP contribution >= 0.6 is 23.5 Å². The van der Waals surface area contributed by atoms with Crippen LogP contribution in [0.4, 0.5) is 0 Å². The first-order valence-corrected chi connectivity index (χ1v) is 13.1. The first-order chi connectivity index (χ1) is 15.3. The number of hydrogen-bond donors (Lipinski definition) is 1. The lowest BCUT2D eigenvalue weighted by atomic mass is 9.99. The highest BCUT2D eigenvalue weighted by molar-refractivity contribution is 8.13. The normalized spacial score (nSPS) is 12.5. The first kappa shape index (κ1) is 28.0. The molecule has 0 radical (unpaired) electrons. The van der Waals surface area contributed by atoms with Gasteiger partial charge in [0.05, 0.1) is 5.92 Å². The van der Waals surface area contributed by atoms with Gasteiger partial charge >= 0.3 is 5.97 Å². The van der Waals surface area contributed by atoms with Gasteiger partial charge in [-0.3, -0.25) is 14.4 Å². The number of benzene rings is 1. The molecule has 2 atom stereocenters. The van der Waals surface area contributed by atoms with E-state index in [4.69, 9.17) is 4.74 Å². The molecule has 9 heteroatoms. The third-order valence-corrected chi connectivity index (χ3v) is 6.47. The van der Waals surface area contributed by atoms with E-state index in [0.29, 0.717) is 37.4 Å². The molecule has 1 aromatic rings. The Morgan fingerprint density at radius 2 is 1.75 bits per heavy atom. The van der Waals surface area contributed by atoms with E-state index in [2.05, 4.69) is 5.32 Å². The van der Waals surface area contributed by atoms with E-state index < -0.39 is 17.9 Å². The number of rotatable bonds is 14. The molecule has 0 saturated heterocycles. The van der Waals surface area contributed by atoms with E-state index in [-0.39, 0.29) is 23.5 Å². The Labute approximate surface area is 199 Å². The molecule has 0 fully saturated rings. The van der Waals surface area contributed by atoms with E-state index in [0.717, 1.165) is 17.3 Å². The quantitative estimate of drug-likeness (QED) is 0.408. The summed E-state index contributed by atoms with van der Waals surface area (Å²) in [5.74, 6) is -0.700. The van der Waals surface area contributed by atoms with Crippen LogP contribution < -0.4 is 5.32 Å². The Morgan fingerprint density at radius 3 is 2.31 bits per heavy atom. The summed E-state index contributed by atoms with van der Waals surface area (Å²) >= 11 is 2.65. The predicted octanol–water partition coefficient (Wildman–Crippen LogP) is 2.77. The number of hydrogen-bond acceptors (Lipinski definition) is 7. The number of amides is 2. The molecule has 2 amide bonds. The van der Waals surface area contributed by atoms with Crippen molar-refractivity contribution in [3.05, 3.63) is 35.9 Å². The van der Waals surface area contributed by atoms with Crippen LogP contribution in [0.3, 0.4) is 0 Å². The Balaban J connectivity index is 2.84. The second-order valence-corrected chi connectivity index (χ2v) is 9.39. The van der Waals surface area contributed by atoms with Gasteiger partial charge in [-0.1, -0.05) is 42.1 Å². The zero-order valence-corrected chi connectivity index (χ0v) is 20.9. The van der Waals surface area contributed by atoms with Crippen molar-refractivity contribution in [2.75, 3.05) is 37.5 Å². The lowest BCUT2D eigenvalue weighted by molar-refractivity contribution is -0.154. The summed E-state index contributed by atoms with van der Waals surface area (Å²) in [6, 6.07) is 8.70. The standard InChI is InChI=1S/C23H34N2O5S2/c1-5-25(6-2)21(27)15-30-23(29)20(12-13-31-4)24-22(28)19(16-32-17(3)26)14-18-10-8-7-9-11-18/h7-11,19-20H,5-6,12-16H2,1-4H3,(H,24,28)/t19-,20+/m1/s1. The van der Waals surface area contributed by atoms with Crippen LogP contribution in [0.1, 0.15) is 32.8 Å². The largest absolute Gasteiger partial charge is 0.454 e. The summed E-state index contributed by atoms with van der Waals surface area (Å²) in [5.41, 5.74) is 0.977. The van der Waals surface area contributed by atoms with Gasteiger partial charge in [-0.15, -0.1) is 0 Å². The zero-order valence-electron chi connectivity index (χ0n) is 19.3. The number of thioether (sulfide) groups is 2. The Kier molecular flexibility index (Phi) is 13.8. The molecule has 0 aliphatic rings. The summed E-state index contributed by atoms with van der Waals surface area (Å²) in [7, 11) is 0. The van der Waals surface area contributed by atoms with Gasteiger partial charge in [0.15, 0.2) is 11.7 Å². The number of nitrogens with one attached hydrogen (secondary N) is 1. The third-order valence-electron chi connectivity index (χ3n) is 4.85. The van der Waals surface area contributed by atoms with E-state index in [1.807, 2.05) is 50.4 Å². The SMILES string of the molecule is CCN(CC)C(=O)COC(=O)[C@H](CCSC)NC(=O)[C@@H](CSC(C)=O)Cc1ccccc1. The fraction of sp³-hybridized carbons (Fsp3) is 0.565. The smallest absolute Gasteiger partial charge is 0.329 e. The number of carbonyl (C=O) groups is 4. The fourth-order valence-corrected chi connectivity index (χ4v) is 4.20. The second-order valence-electron chi connectivity index (χ2n) is 7.21. The molecule has 7 nitrogen and oxygen atoms in total. The highest BCUT2D eigenvalue weighted by atomic mass is 32.2. The van der Waals surface area contributed by atoms with Gasteiger partial charge in [-0.05, 0) is 44.3 Å². The minimum Gasteiger partial charge on any atom is -0.454 e. The van der Waals surface area contributed by atoms with Gasteiger partial charge in [0.25, 0.3) is 5.91 Å². The Morgan fingerprint density at radius 1 is 1.09 bits per heavy atom. The van der Waals surface area contributed by atoms with E-state index in [9.17, 15) is 19.2 Å². The molecule has 0 heterocycles. The van der Waals surface area contributed by atoms with Gasteiger partial charge in [0.2, 0.25) is 5.91 Å². The molecule has 0 unspecified atom stereocenters. The molecule has 0 aliphatic heterocycles. The molecule has 178 valence electrons. The molecule has 0 bridgehead atoms. The molecule has 0 aromatic heterocycles. The number of carbonyl (C=O) groups excluding carboxylic acids is 4. The summed E-state index contributed by atoms with van der Waals surface area (Å²) in [6.07, 6.45) is 2.76. The molecular weight excluding hydrogens is 448 g/mol. The van der Waals surface area contributed by atoms with Crippen molar-refractivity contribution in [2.24, 2.45) is 5.92 Å². The van der Waals surface area contributed by atoms with E-state index >= 15 is 0 Å². The highest BCUT2D eigenvalue weighted by Gasteiger charge is 2.28. The third kappa shape index (κ3) is 10.5. The number of nitrogens with zero attached hydrogens (tertiary/aromatic N) is 1. The second kappa shape index (κ2) is 15.7. The van der Waals surface area contributed by atoms with Crippen molar-refractivity contribution < 1.29 is 23.9 Å². The van der Waals surface area contributed by atoms with Crippen LogP contribution in [-0.4, -0.2) is 71.3 Å². The summed E-state index contributed by atoms with van der Waals surface area (Å²) in [5, 5.41) is 2.73. The molecule has 0 spiro atoms. The van der Waals surface area contributed by atoms with Gasteiger partial charge in [0, 0.05) is 25.8 Å². The van der Waals surface area contributed by atoms with Crippen LogP contribution in [0.25, 0.3) is 0 Å². The van der Waals surface area contributed by atoms with Crippen LogP contribution in [0.5, 0.6) is 0 Å². The molecule has 1 rings (SSSR count). The zero-order chi connectivity index (χ0) is 23.9. The minimum absolute atomic E-state index is 0.0656. The van der Waals surface area contributed by atoms with Gasteiger partial charge in [-0.2, -0.15) is 11.8 Å². The maximum atomic E-state index is 13.1. The topological polar surface area (TPSA) is 92.8 Å². The molecule has 1 aromatic carbocycles. The number of likely N-dealkylation sites (N-methyl/N-ethyl adjacent to an activating group) is 1. The van der Waals surface area contributed by atoms with Crippen molar-refractivity contribution in [3.8, 4) is 0 Å². The van der Waals surface area contributed by atoms with Crippen molar-refractivity contribution >= 4 is 46.4 Å². The molecule has 32 heavy (non-hydrogen) atoms. The lowest BCUT2D eigenvalue weighted by Crippen LogP contribution is -2.46. The molecule has 1 N–H and O–H groups in total. The van der Waals surface area contributed by atoms with Gasteiger partial charge in [-0.25, -0.2) is 4.79 Å². The van der Waals surface area contributed by atoms with Crippen molar-refractivity contribution in [3.63, 3.8) is 0 Å². The average molecular weight is 483 g/mol. The van der Waals surface area contributed by atoms with Crippen molar-refractivity contribution in [1.29, 1.82) is 0 Å². The average Bonchev–Trinajstić information content (AvgIpc) is 2.78. The fourth-order valence-electron chi connectivity index (χ4n) is 3.02. The minimum atomic E-state index is -0.847. The lowest BCUT2D eigenvalue weighted by Gasteiger charge is -2.23. The molecular formula is C23H34N2O5S2. The first-order valence-electron chi connectivity index (χ1n) is 10.7. The van der Waals surface area contributed by atoms with Crippen LogP contribution in [0.15, 0.2) is 30.3 Å². The van der Waals surface area contributed by atoms with Crippen molar-refractivity contribution in [1.82, 2.24) is 10.2 Å². The van der Waals surface area contributed by atoms with Crippen LogP contribution in [0, 0.1) is 5.92 Å². The summed E-state index contributed by atoms with van der Waals surface area (Å²) in [6.45, 7) is 5.91. The molecule has 0 aliphatic carbocycles. The van der Waals surface area contributed by atoms with Crippen LogP contribution in [-0.2, 0) is 30.3 Å². The highest BCUT2D eigenvalue weighted by Crippen LogP contribution is 2.17. The monoisotopic (exact) mass is 482 g/mol. The Hall–Kier alpha value is -2.00. The molecule has 0 saturated carbocycles. The van der Waals surface area contributed by atoms with Gasteiger partial charge in [0.1, 0.15) is 6.04 Å². The summed E-state index contributed by atoms with van der Waals surface area (Å²) in [4.78, 5) is 50.9. The number of esters is 1. The maximum absolute atomic E-state index is 13.1.